The van der Waals surface area contributed by atoms with Gasteiger partial charge in [-0.2, -0.15) is 0 Å². The second-order valence-electron chi connectivity index (χ2n) is 3.90. The summed E-state index contributed by atoms with van der Waals surface area (Å²) < 4.78 is 18.7. The highest BCUT2D eigenvalue weighted by molar-refractivity contribution is 5.98. The van der Waals surface area contributed by atoms with E-state index in [2.05, 4.69) is 5.16 Å². The average molecular weight is 259 g/mol. The van der Waals surface area contributed by atoms with Crippen molar-refractivity contribution in [1.29, 1.82) is 0 Å². The first-order valence-corrected chi connectivity index (χ1v) is 5.82. The van der Waals surface area contributed by atoms with E-state index in [0.29, 0.717) is 22.8 Å². The second-order valence-corrected chi connectivity index (χ2v) is 3.90. The molecule has 0 amide bonds. The Labute approximate surface area is 111 Å². The number of halogens is 1. The zero-order valence-corrected chi connectivity index (χ0v) is 10.8. The van der Waals surface area contributed by atoms with E-state index in [9.17, 15) is 4.39 Å². The molecule has 0 spiro atoms. The van der Waals surface area contributed by atoms with Gasteiger partial charge < -0.3 is 9.57 Å². The molecule has 3 nitrogen and oxygen atoms in total. The molecule has 0 aliphatic heterocycles. The fourth-order valence-corrected chi connectivity index (χ4v) is 1.62. The number of nitrogens with zero attached hydrogens (tertiary/aromatic N) is 1. The molecular formula is C15H14FNO2. The van der Waals surface area contributed by atoms with Gasteiger partial charge in [0.05, 0.1) is 12.8 Å². The highest BCUT2D eigenvalue weighted by atomic mass is 19.1. The Morgan fingerprint density at radius 3 is 2.32 bits per heavy atom. The number of benzene rings is 2. The zero-order chi connectivity index (χ0) is 13.7. The predicted molar refractivity (Wildman–Crippen MR) is 72.2 cm³/mol. The van der Waals surface area contributed by atoms with E-state index in [1.54, 1.807) is 44.4 Å². The average Bonchev–Trinajstić information content (AvgIpc) is 2.45. The highest BCUT2D eigenvalue weighted by Crippen LogP contribution is 2.26. The lowest BCUT2D eigenvalue weighted by Gasteiger charge is -2.06. The minimum atomic E-state index is -0.327. The van der Waals surface area contributed by atoms with Gasteiger partial charge in [0.2, 0.25) is 0 Å². The molecule has 0 aliphatic rings. The van der Waals surface area contributed by atoms with Crippen LogP contribution in [0.2, 0.25) is 0 Å². The van der Waals surface area contributed by atoms with Crippen LogP contribution in [0.5, 0.6) is 11.5 Å². The summed E-state index contributed by atoms with van der Waals surface area (Å²) in [5, 5.41) is 3.93. The molecule has 0 aromatic heterocycles. The number of oxime groups is 1. The number of methoxy groups -OCH3 is 1. The van der Waals surface area contributed by atoms with Gasteiger partial charge in [0, 0.05) is 5.56 Å². The first-order valence-electron chi connectivity index (χ1n) is 5.82. The minimum absolute atomic E-state index is 0.327. The smallest absolute Gasteiger partial charge is 0.199 e. The number of hydrogen-bond acceptors (Lipinski definition) is 3. The summed E-state index contributed by atoms with van der Waals surface area (Å²) in [6, 6.07) is 13.6. The van der Waals surface area contributed by atoms with Crippen LogP contribution in [-0.2, 0) is 0 Å². The maximum absolute atomic E-state index is 13.6. The molecule has 0 bridgehead atoms. The Balaban J connectivity index is 2.21. The van der Waals surface area contributed by atoms with Gasteiger partial charge in [0.1, 0.15) is 5.82 Å². The van der Waals surface area contributed by atoms with E-state index in [4.69, 9.17) is 9.57 Å². The van der Waals surface area contributed by atoms with Crippen LogP contribution < -0.4 is 9.57 Å². The van der Waals surface area contributed by atoms with Gasteiger partial charge in [0.15, 0.2) is 11.5 Å². The Kier molecular flexibility index (Phi) is 4.13. The van der Waals surface area contributed by atoms with Crippen LogP contribution in [0.1, 0.15) is 12.5 Å². The fourth-order valence-electron chi connectivity index (χ4n) is 1.62. The van der Waals surface area contributed by atoms with Crippen molar-refractivity contribution in [3.63, 3.8) is 0 Å². The molecular weight excluding hydrogens is 245 g/mol. The summed E-state index contributed by atoms with van der Waals surface area (Å²) in [5.74, 6) is 0.737. The largest absolute Gasteiger partial charge is 0.493 e. The third-order valence-electron chi connectivity index (χ3n) is 2.61. The van der Waals surface area contributed by atoms with Crippen molar-refractivity contribution in [3.8, 4) is 11.5 Å². The maximum Gasteiger partial charge on any atom is 0.199 e. The molecule has 0 N–H and O–H groups in total. The van der Waals surface area contributed by atoms with Crippen molar-refractivity contribution in [1.82, 2.24) is 0 Å². The summed E-state index contributed by atoms with van der Waals surface area (Å²) >= 11 is 0. The lowest BCUT2D eigenvalue weighted by molar-refractivity contribution is 0.311. The summed E-state index contributed by atoms with van der Waals surface area (Å²) in [7, 11) is 1.55. The molecule has 4 heteroatoms. The normalized spacial score (nSPS) is 11.2. The van der Waals surface area contributed by atoms with Crippen molar-refractivity contribution in [2.75, 3.05) is 7.11 Å². The summed E-state index contributed by atoms with van der Waals surface area (Å²) in [6.45, 7) is 1.69. The fraction of sp³-hybridized carbons (Fsp3) is 0.133. The maximum atomic E-state index is 13.6. The van der Waals surface area contributed by atoms with E-state index in [0.717, 1.165) is 0 Å². The molecule has 0 heterocycles. The van der Waals surface area contributed by atoms with E-state index >= 15 is 0 Å². The molecule has 0 saturated carbocycles. The van der Waals surface area contributed by atoms with Crippen LogP contribution in [0.4, 0.5) is 4.39 Å². The van der Waals surface area contributed by atoms with Crippen LogP contribution in [0.15, 0.2) is 53.7 Å². The van der Waals surface area contributed by atoms with E-state index in [-0.39, 0.29) is 5.82 Å². The first-order chi connectivity index (χ1) is 9.22. The number of para-hydroxylation sites is 2. The molecule has 2 aromatic carbocycles. The molecule has 2 aromatic rings. The van der Waals surface area contributed by atoms with E-state index in [1.807, 2.05) is 12.1 Å². The highest BCUT2D eigenvalue weighted by Gasteiger charge is 2.06. The van der Waals surface area contributed by atoms with Crippen LogP contribution in [-0.4, -0.2) is 12.8 Å². The molecule has 0 fully saturated rings. The molecule has 0 radical (unpaired) electrons. The van der Waals surface area contributed by atoms with Gasteiger partial charge in [-0.3, -0.25) is 0 Å². The molecule has 19 heavy (non-hydrogen) atoms. The lowest BCUT2D eigenvalue weighted by Crippen LogP contribution is -2.01. The molecule has 0 unspecified atom stereocenters. The number of rotatable bonds is 4. The first kappa shape index (κ1) is 13.1. The van der Waals surface area contributed by atoms with Gasteiger partial charge >= 0.3 is 0 Å². The third-order valence-corrected chi connectivity index (χ3v) is 2.61. The quantitative estimate of drug-likeness (QED) is 0.620. The van der Waals surface area contributed by atoms with Crippen molar-refractivity contribution < 1.29 is 14.0 Å². The van der Waals surface area contributed by atoms with Crippen LogP contribution in [0.3, 0.4) is 0 Å². The van der Waals surface area contributed by atoms with Gasteiger partial charge in [-0.05, 0) is 25.1 Å². The molecule has 0 atom stereocenters. The predicted octanol–water partition coefficient (Wildman–Crippen LogP) is 3.64. The third kappa shape index (κ3) is 3.10. The molecule has 98 valence electrons. The molecule has 0 aliphatic carbocycles. The Morgan fingerprint density at radius 1 is 1.00 bits per heavy atom. The van der Waals surface area contributed by atoms with Crippen LogP contribution >= 0.6 is 0 Å². The Bertz CT molecular complexity index is 596. The number of ether oxygens (including phenoxy) is 1. The van der Waals surface area contributed by atoms with Crippen LogP contribution in [0, 0.1) is 5.82 Å². The Morgan fingerprint density at radius 2 is 1.63 bits per heavy atom. The second kappa shape index (κ2) is 6.00. The summed E-state index contributed by atoms with van der Waals surface area (Å²) in [6.07, 6.45) is 0. The topological polar surface area (TPSA) is 30.8 Å². The molecule has 0 saturated heterocycles. The van der Waals surface area contributed by atoms with Gasteiger partial charge in [-0.1, -0.05) is 35.5 Å². The van der Waals surface area contributed by atoms with Crippen molar-refractivity contribution >= 4 is 5.71 Å². The molecule has 2 rings (SSSR count). The standard InChI is InChI=1S/C15H14FNO2/c1-11(12-7-3-4-8-13(12)16)17-19-15-10-6-5-9-14(15)18-2/h3-10H,1-2H3/b17-11+. The van der Waals surface area contributed by atoms with Crippen LogP contribution in [0.25, 0.3) is 0 Å². The lowest BCUT2D eigenvalue weighted by atomic mass is 10.1. The SMILES string of the molecule is COc1ccccc1O/N=C(\C)c1ccccc1F. The zero-order valence-electron chi connectivity index (χ0n) is 10.8. The van der Waals surface area contributed by atoms with Crippen molar-refractivity contribution in [2.45, 2.75) is 6.92 Å². The summed E-state index contributed by atoms with van der Waals surface area (Å²) in [4.78, 5) is 5.30. The van der Waals surface area contributed by atoms with Gasteiger partial charge in [-0.25, -0.2) is 4.39 Å². The van der Waals surface area contributed by atoms with Gasteiger partial charge in [0.25, 0.3) is 0 Å². The Hall–Kier alpha value is -2.36. The summed E-state index contributed by atoms with van der Waals surface area (Å²) in [5.41, 5.74) is 0.876. The van der Waals surface area contributed by atoms with Crippen molar-refractivity contribution in [3.05, 3.63) is 59.9 Å². The minimum Gasteiger partial charge on any atom is -0.493 e. The van der Waals surface area contributed by atoms with Gasteiger partial charge in [-0.15, -0.1) is 0 Å². The monoisotopic (exact) mass is 259 g/mol. The van der Waals surface area contributed by atoms with E-state index in [1.165, 1.54) is 6.07 Å². The van der Waals surface area contributed by atoms with E-state index < -0.39 is 0 Å². The van der Waals surface area contributed by atoms with Crippen molar-refractivity contribution in [2.24, 2.45) is 5.16 Å². The number of hydrogen-bond donors (Lipinski definition) is 0.